The number of aromatic nitrogens is 2. The number of nitrogens with zero attached hydrogens (tertiary/aromatic N) is 4. The number of nitriles is 1. The molecule has 164 valence electrons. The summed E-state index contributed by atoms with van der Waals surface area (Å²) in [7, 11) is -3.54. The fraction of sp³-hybridized carbons (Fsp3) is 0.227. The van der Waals surface area contributed by atoms with Gasteiger partial charge in [0.25, 0.3) is 5.91 Å². The van der Waals surface area contributed by atoms with Crippen LogP contribution in [0.15, 0.2) is 48.5 Å². The van der Waals surface area contributed by atoms with E-state index in [0.717, 1.165) is 11.8 Å². The standard InChI is InChI=1S/C22H20ClN5O3S/c1-14-12-27(13-16-5-3-15(11-24)4-6-16)22(29)21-10-19(25-28(14)21)18-8-7-17(23)9-20(18)26-32(2,30)31/h3-10,14,26H,12-13H2,1-2H3/t14-/m0/s1. The van der Waals surface area contributed by atoms with Gasteiger partial charge in [0, 0.05) is 23.7 Å². The molecule has 1 amide bonds. The number of carbonyl (C=O) groups excluding carboxylic acids is 1. The fourth-order valence-electron chi connectivity index (χ4n) is 3.73. The molecule has 1 aliphatic heterocycles. The molecule has 4 rings (SSSR count). The molecule has 0 spiro atoms. The molecule has 0 aliphatic carbocycles. The van der Waals surface area contributed by atoms with Crippen LogP contribution in [0.25, 0.3) is 11.3 Å². The molecule has 1 N–H and O–H groups in total. The Hall–Kier alpha value is -3.35. The Kier molecular flexibility index (Phi) is 5.67. The maximum Gasteiger partial charge on any atom is 0.272 e. The molecule has 2 heterocycles. The largest absolute Gasteiger partial charge is 0.331 e. The smallest absolute Gasteiger partial charge is 0.272 e. The first kappa shape index (κ1) is 21.9. The van der Waals surface area contributed by atoms with Gasteiger partial charge in [-0.3, -0.25) is 14.2 Å². The van der Waals surface area contributed by atoms with Crippen LogP contribution in [0, 0.1) is 11.3 Å². The lowest BCUT2D eigenvalue weighted by molar-refractivity contribution is 0.0651. The van der Waals surface area contributed by atoms with E-state index in [0.29, 0.717) is 46.3 Å². The van der Waals surface area contributed by atoms with E-state index >= 15 is 0 Å². The molecule has 0 radical (unpaired) electrons. The first-order chi connectivity index (χ1) is 15.1. The van der Waals surface area contributed by atoms with Gasteiger partial charge in [-0.25, -0.2) is 8.42 Å². The van der Waals surface area contributed by atoms with E-state index in [1.165, 1.54) is 6.07 Å². The number of hydrogen-bond donors (Lipinski definition) is 1. The number of nitrogens with one attached hydrogen (secondary N) is 1. The summed E-state index contributed by atoms with van der Waals surface area (Å²) in [6.07, 6.45) is 1.06. The van der Waals surface area contributed by atoms with E-state index in [1.54, 1.807) is 39.9 Å². The van der Waals surface area contributed by atoms with Gasteiger partial charge in [-0.1, -0.05) is 23.7 Å². The van der Waals surface area contributed by atoms with Crippen LogP contribution in [-0.4, -0.2) is 41.8 Å². The second-order valence-corrected chi connectivity index (χ2v) is 9.95. The van der Waals surface area contributed by atoms with Crippen LogP contribution in [-0.2, 0) is 16.6 Å². The lowest BCUT2D eigenvalue weighted by Crippen LogP contribution is -2.41. The Morgan fingerprint density at radius 2 is 1.94 bits per heavy atom. The highest BCUT2D eigenvalue weighted by Gasteiger charge is 2.31. The molecule has 8 nitrogen and oxygen atoms in total. The minimum Gasteiger partial charge on any atom is -0.331 e. The topological polar surface area (TPSA) is 108 Å². The van der Waals surface area contributed by atoms with Crippen molar-refractivity contribution >= 4 is 33.2 Å². The molecule has 0 bridgehead atoms. The minimum absolute atomic E-state index is 0.0755. The molecule has 0 saturated carbocycles. The first-order valence-corrected chi connectivity index (χ1v) is 12.1. The zero-order chi connectivity index (χ0) is 23.0. The number of anilines is 1. The van der Waals surface area contributed by atoms with Crippen molar-refractivity contribution in [3.8, 4) is 17.3 Å². The van der Waals surface area contributed by atoms with E-state index in [-0.39, 0.29) is 11.9 Å². The first-order valence-electron chi connectivity index (χ1n) is 9.80. The van der Waals surface area contributed by atoms with Crippen LogP contribution in [0.4, 0.5) is 5.69 Å². The van der Waals surface area contributed by atoms with Crippen molar-refractivity contribution in [2.24, 2.45) is 0 Å². The molecule has 1 aliphatic rings. The number of hydrogen-bond acceptors (Lipinski definition) is 5. The molecule has 32 heavy (non-hydrogen) atoms. The zero-order valence-corrected chi connectivity index (χ0v) is 19.0. The predicted molar refractivity (Wildman–Crippen MR) is 122 cm³/mol. The highest BCUT2D eigenvalue weighted by atomic mass is 35.5. The summed E-state index contributed by atoms with van der Waals surface area (Å²) in [5.41, 5.74) is 3.22. The third-order valence-corrected chi connectivity index (χ3v) is 5.98. The van der Waals surface area contributed by atoms with Gasteiger partial charge in [0.05, 0.1) is 35.3 Å². The van der Waals surface area contributed by atoms with E-state index in [9.17, 15) is 13.2 Å². The molecular formula is C22H20ClN5O3S. The summed E-state index contributed by atoms with van der Waals surface area (Å²) in [5.74, 6) is -0.169. The average Bonchev–Trinajstić information content (AvgIpc) is 3.17. The second kappa shape index (κ2) is 8.30. The van der Waals surface area contributed by atoms with Crippen LogP contribution in [0.3, 0.4) is 0 Å². The van der Waals surface area contributed by atoms with Crippen molar-refractivity contribution in [1.29, 1.82) is 5.26 Å². The van der Waals surface area contributed by atoms with Crippen molar-refractivity contribution in [3.63, 3.8) is 0 Å². The molecule has 0 unspecified atom stereocenters. The Morgan fingerprint density at radius 3 is 2.59 bits per heavy atom. The fourth-order valence-corrected chi connectivity index (χ4v) is 4.47. The number of sulfonamides is 1. The third-order valence-electron chi connectivity index (χ3n) is 5.15. The van der Waals surface area contributed by atoms with Gasteiger partial charge in [0.2, 0.25) is 10.0 Å². The van der Waals surface area contributed by atoms with Gasteiger partial charge >= 0.3 is 0 Å². The van der Waals surface area contributed by atoms with E-state index in [2.05, 4.69) is 15.9 Å². The highest BCUT2D eigenvalue weighted by Crippen LogP contribution is 2.33. The lowest BCUT2D eigenvalue weighted by atomic mass is 10.1. The van der Waals surface area contributed by atoms with Gasteiger partial charge in [0.1, 0.15) is 5.69 Å². The lowest BCUT2D eigenvalue weighted by Gasteiger charge is -2.31. The summed E-state index contributed by atoms with van der Waals surface area (Å²) in [5, 5.41) is 13.9. The summed E-state index contributed by atoms with van der Waals surface area (Å²) < 4.78 is 27.7. The molecular weight excluding hydrogens is 450 g/mol. The maximum atomic E-state index is 13.2. The van der Waals surface area contributed by atoms with Gasteiger partial charge in [-0.15, -0.1) is 0 Å². The molecule has 3 aromatic rings. The van der Waals surface area contributed by atoms with Crippen molar-refractivity contribution < 1.29 is 13.2 Å². The Morgan fingerprint density at radius 1 is 1.22 bits per heavy atom. The number of rotatable bonds is 5. The Balaban J connectivity index is 1.67. The molecule has 2 aromatic carbocycles. The quantitative estimate of drug-likeness (QED) is 0.613. The van der Waals surface area contributed by atoms with Crippen LogP contribution < -0.4 is 4.72 Å². The molecule has 10 heteroatoms. The molecule has 1 aromatic heterocycles. The van der Waals surface area contributed by atoms with Crippen LogP contribution in [0.1, 0.15) is 34.6 Å². The average molecular weight is 470 g/mol. The number of halogens is 1. The summed E-state index contributed by atoms with van der Waals surface area (Å²) in [6.45, 7) is 2.86. The monoisotopic (exact) mass is 469 g/mol. The zero-order valence-electron chi connectivity index (χ0n) is 17.4. The van der Waals surface area contributed by atoms with Crippen molar-refractivity contribution in [2.75, 3.05) is 17.5 Å². The van der Waals surface area contributed by atoms with Gasteiger partial charge in [-0.2, -0.15) is 10.4 Å². The molecule has 1 atom stereocenters. The van der Waals surface area contributed by atoms with Gasteiger partial charge in [0.15, 0.2) is 0 Å². The number of benzene rings is 2. The third kappa shape index (κ3) is 4.47. The van der Waals surface area contributed by atoms with E-state index in [4.69, 9.17) is 16.9 Å². The summed E-state index contributed by atoms with van der Waals surface area (Å²) in [4.78, 5) is 14.9. The number of amides is 1. The van der Waals surface area contributed by atoms with Crippen LogP contribution in [0.2, 0.25) is 5.02 Å². The number of carbonyl (C=O) groups is 1. The highest BCUT2D eigenvalue weighted by molar-refractivity contribution is 7.92. The van der Waals surface area contributed by atoms with Crippen molar-refractivity contribution in [2.45, 2.75) is 19.5 Å². The van der Waals surface area contributed by atoms with E-state index in [1.807, 2.05) is 19.1 Å². The van der Waals surface area contributed by atoms with Gasteiger partial charge in [-0.05, 0) is 48.9 Å². The SMILES string of the molecule is C[C@H]1CN(Cc2ccc(C#N)cc2)C(=O)c2cc(-c3ccc(Cl)cc3NS(C)(=O)=O)nn21. The van der Waals surface area contributed by atoms with Crippen LogP contribution in [0.5, 0.6) is 0 Å². The normalized spacial score (nSPS) is 15.9. The van der Waals surface area contributed by atoms with Crippen LogP contribution >= 0.6 is 11.6 Å². The maximum absolute atomic E-state index is 13.2. The Labute approximate surface area is 191 Å². The van der Waals surface area contributed by atoms with Gasteiger partial charge < -0.3 is 4.90 Å². The summed E-state index contributed by atoms with van der Waals surface area (Å²) >= 11 is 6.06. The molecule has 0 fully saturated rings. The second-order valence-electron chi connectivity index (χ2n) is 7.77. The van der Waals surface area contributed by atoms with Crippen molar-refractivity contribution in [1.82, 2.24) is 14.7 Å². The molecule has 0 saturated heterocycles. The van der Waals surface area contributed by atoms with E-state index < -0.39 is 10.0 Å². The van der Waals surface area contributed by atoms with Crippen molar-refractivity contribution in [3.05, 3.63) is 70.4 Å². The summed E-state index contributed by atoms with van der Waals surface area (Å²) in [6, 6.07) is 15.6. The minimum atomic E-state index is -3.54. The predicted octanol–water partition coefficient (Wildman–Crippen LogP) is 3.66. The Bertz CT molecular complexity index is 1340. The number of fused-ring (bicyclic) bond motifs is 1.